The summed E-state index contributed by atoms with van der Waals surface area (Å²) in [4.78, 5) is 18.1. The Morgan fingerprint density at radius 3 is 2.26 bits per heavy atom. The Morgan fingerprint density at radius 1 is 1.00 bits per heavy atom. The van der Waals surface area contributed by atoms with E-state index in [0.29, 0.717) is 21.7 Å². The zero-order valence-corrected chi connectivity index (χ0v) is 20.8. The first-order valence-electron chi connectivity index (χ1n) is 10.6. The fraction of sp³-hybridized carbons (Fsp3) is 0.192. The molecule has 0 fully saturated rings. The van der Waals surface area contributed by atoms with Gasteiger partial charge in [0.1, 0.15) is 5.01 Å². The van der Waals surface area contributed by atoms with E-state index in [0.717, 1.165) is 15.8 Å². The highest BCUT2D eigenvalue weighted by Crippen LogP contribution is 2.33. The van der Waals surface area contributed by atoms with Crippen molar-refractivity contribution in [3.05, 3.63) is 87.4 Å². The fourth-order valence-electron chi connectivity index (χ4n) is 3.96. The normalized spacial score (nSPS) is 12.3. The second-order valence-corrected chi connectivity index (χ2v) is 10.9. The molecular formula is C26H23N3O3S2. The molecule has 3 aromatic carbocycles. The van der Waals surface area contributed by atoms with Crippen molar-refractivity contribution in [3.8, 4) is 6.07 Å². The molecule has 4 aromatic rings. The Hall–Kier alpha value is -3.54. The van der Waals surface area contributed by atoms with Crippen molar-refractivity contribution in [3.63, 3.8) is 0 Å². The molecule has 0 saturated heterocycles. The summed E-state index contributed by atoms with van der Waals surface area (Å²) < 4.78 is 30.4. The van der Waals surface area contributed by atoms with E-state index in [1.807, 2.05) is 44.2 Å². The maximum atomic E-state index is 13.5. The number of hydrogen-bond acceptors (Lipinski definition) is 6. The van der Waals surface area contributed by atoms with Gasteiger partial charge in [0.05, 0.1) is 26.9 Å². The zero-order chi connectivity index (χ0) is 24.6. The largest absolute Gasteiger partial charge is 0.292 e. The smallest absolute Gasteiger partial charge is 0.262 e. The van der Waals surface area contributed by atoms with Crippen LogP contribution < -0.4 is 4.72 Å². The number of rotatable bonds is 6. The van der Waals surface area contributed by atoms with Gasteiger partial charge in [-0.15, -0.1) is 11.3 Å². The third-order valence-corrected chi connectivity index (χ3v) is 8.69. The highest BCUT2D eigenvalue weighted by Gasteiger charge is 2.29. The van der Waals surface area contributed by atoms with E-state index in [9.17, 15) is 18.5 Å². The molecule has 1 aromatic heterocycles. The SMILES string of the molecule is Cc1cc(C)c(C)c(S(=O)(=O)Nc2ccccc2C(=O)C(C#N)c2nc3ccccc3s2)c1C. The monoisotopic (exact) mass is 489 g/mol. The van der Waals surface area contributed by atoms with E-state index in [1.54, 1.807) is 26.0 Å². The second kappa shape index (κ2) is 9.01. The van der Waals surface area contributed by atoms with E-state index in [1.165, 1.54) is 23.5 Å². The number of thiazole rings is 1. The standard InChI is InChI=1S/C26H23N3O3S2/c1-15-13-16(2)18(4)25(17(15)3)34(31,32)29-21-10-6-5-9-19(21)24(30)20(14-27)26-28-22-11-7-8-12-23(22)33-26/h5-13,20,29H,1-4H3. The molecule has 1 N–H and O–H groups in total. The van der Waals surface area contributed by atoms with E-state index in [-0.39, 0.29) is 16.1 Å². The maximum absolute atomic E-state index is 13.5. The number of aromatic nitrogens is 1. The summed E-state index contributed by atoms with van der Waals surface area (Å²) in [6, 6.07) is 17.8. The molecule has 1 atom stereocenters. The van der Waals surface area contributed by atoms with Crippen LogP contribution in [0.5, 0.6) is 0 Å². The molecule has 0 aliphatic carbocycles. The highest BCUT2D eigenvalue weighted by molar-refractivity contribution is 7.92. The molecule has 1 unspecified atom stereocenters. The second-order valence-electron chi connectivity index (χ2n) is 8.19. The van der Waals surface area contributed by atoms with Crippen molar-refractivity contribution >= 4 is 43.0 Å². The first-order valence-corrected chi connectivity index (χ1v) is 12.9. The summed E-state index contributed by atoms with van der Waals surface area (Å²) >= 11 is 1.28. The molecule has 0 amide bonds. The summed E-state index contributed by atoms with van der Waals surface area (Å²) in [5.41, 5.74) is 4.02. The number of nitriles is 1. The van der Waals surface area contributed by atoms with Crippen LogP contribution in [-0.4, -0.2) is 19.2 Å². The number of ketones is 1. The number of benzene rings is 3. The van der Waals surface area contributed by atoms with Gasteiger partial charge in [0, 0.05) is 5.56 Å². The molecule has 34 heavy (non-hydrogen) atoms. The lowest BCUT2D eigenvalue weighted by atomic mass is 9.98. The number of nitrogens with zero attached hydrogens (tertiary/aromatic N) is 2. The number of anilines is 1. The lowest BCUT2D eigenvalue weighted by molar-refractivity contribution is 0.0979. The van der Waals surface area contributed by atoms with Crippen molar-refractivity contribution in [1.29, 1.82) is 5.26 Å². The molecule has 4 rings (SSSR count). The molecule has 1 heterocycles. The van der Waals surface area contributed by atoms with Crippen molar-refractivity contribution in [2.45, 2.75) is 38.5 Å². The topological polar surface area (TPSA) is 99.9 Å². The Balaban J connectivity index is 1.75. The van der Waals surface area contributed by atoms with Crippen LogP contribution in [0.2, 0.25) is 0 Å². The minimum Gasteiger partial charge on any atom is -0.292 e. The van der Waals surface area contributed by atoms with Gasteiger partial charge in [0.25, 0.3) is 10.0 Å². The molecule has 172 valence electrons. The number of aryl methyl sites for hydroxylation is 2. The number of carbonyl (C=O) groups excluding carboxylic acids is 1. The lowest BCUT2D eigenvalue weighted by Gasteiger charge is -2.18. The van der Waals surface area contributed by atoms with Crippen molar-refractivity contribution < 1.29 is 13.2 Å². The van der Waals surface area contributed by atoms with Crippen LogP contribution in [0.4, 0.5) is 5.69 Å². The fourth-order valence-corrected chi connectivity index (χ4v) is 6.67. The minimum absolute atomic E-state index is 0.122. The molecule has 0 saturated carbocycles. The van der Waals surface area contributed by atoms with Crippen LogP contribution in [0.25, 0.3) is 10.2 Å². The maximum Gasteiger partial charge on any atom is 0.262 e. The van der Waals surface area contributed by atoms with Crippen molar-refractivity contribution in [1.82, 2.24) is 4.98 Å². The van der Waals surface area contributed by atoms with Gasteiger partial charge in [-0.2, -0.15) is 5.26 Å². The molecule has 8 heteroatoms. The van der Waals surface area contributed by atoms with Gasteiger partial charge < -0.3 is 0 Å². The predicted octanol–water partition coefficient (Wildman–Crippen LogP) is 5.82. The first-order chi connectivity index (χ1) is 16.1. The average Bonchev–Trinajstić information content (AvgIpc) is 3.22. The van der Waals surface area contributed by atoms with Crippen LogP contribution in [0.3, 0.4) is 0 Å². The summed E-state index contributed by atoms with van der Waals surface area (Å²) in [6.45, 7) is 7.28. The molecule has 0 bridgehead atoms. The third kappa shape index (κ3) is 4.20. The quantitative estimate of drug-likeness (QED) is 0.344. The summed E-state index contributed by atoms with van der Waals surface area (Å²) in [5, 5.41) is 10.2. The van der Waals surface area contributed by atoms with Crippen LogP contribution in [-0.2, 0) is 10.0 Å². The number of Topliss-reactive ketones (excluding diaryl/α,β-unsaturated/α-hetero) is 1. The van der Waals surface area contributed by atoms with E-state index in [2.05, 4.69) is 15.8 Å². The molecule has 0 aliphatic rings. The van der Waals surface area contributed by atoms with Crippen LogP contribution >= 0.6 is 11.3 Å². The van der Waals surface area contributed by atoms with Crippen LogP contribution in [0.15, 0.2) is 59.5 Å². The van der Waals surface area contributed by atoms with Gasteiger partial charge in [-0.25, -0.2) is 13.4 Å². The van der Waals surface area contributed by atoms with Gasteiger partial charge in [-0.05, 0) is 74.2 Å². The molecule has 0 aliphatic heterocycles. The molecule has 6 nitrogen and oxygen atoms in total. The predicted molar refractivity (Wildman–Crippen MR) is 135 cm³/mol. The van der Waals surface area contributed by atoms with E-state index in [4.69, 9.17) is 0 Å². The lowest BCUT2D eigenvalue weighted by Crippen LogP contribution is -2.20. The first kappa shape index (κ1) is 23.6. The van der Waals surface area contributed by atoms with Gasteiger partial charge in [0.15, 0.2) is 11.7 Å². The van der Waals surface area contributed by atoms with Crippen LogP contribution in [0, 0.1) is 39.0 Å². The Labute approximate surface area is 203 Å². The van der Waals surface area contributed by atoms with Gasteiger partial charge in [0.2, 0.25) is 0 Å². The Kier molecular flexibility index (Phi) is 6.26. The number of fused-ring (bicyclic) bond motifs is 1. The van der Waals surface area contributed by atoms with Crippen molar-refractivity contribution in [2.24, 2.45) is 0 Å². The van der Waals surface area contributed by atoms with Crippen molar-refractivity contribution in [2.75, 3.05) is 4.72 Å². The number of sulfonamides is 1. The molecular weight excluding hydrogens is 466 g/mol. The van der Waals surface area contributed by atoms with Gasteiger partial charge >= 0.3 is 0 Å². The number of para-hydroxylation sites is 2. The van der Waals surface area contributed by atoms with Crippen LogP contribution in [0.1, 0.15) is 43.5 Å². The highest BCUT2D eigenvalue weighted by atomic mass is 32.2. The summed E-state index contributed by atoms with van der Waals surface area (Å²) in [7, 11) is -3.99. The van der Waals surface area contributed by atoms with E-state index >= 15 is 0 Å². The third-order valence-electron chi connectivity index (χ3n) is 5.95. The van der Waals surface area contributed by atoms with Gasteiger partial charge in [-0.3, -0.25) is 9.52 Å². The summed E-state index contributed by atoms with van der Waals surface area (Å²) in [6.07, 6.45) is 0. The number of nitrogens with one attached hydrogen (secondary N) is 1. The number of hydrogen-bond donors (Lipinski definition) is 1. The Bertz CT molecular complexity index is 1520. The zero-order valence-electron chi connectivity index (χ0n) is 19.2. The van der Waals surface area contributed by atoms with E-state index < -0.39 is 21.7 Å². The Morgan fingerprint density at radius 2 is 1.62 bits per heavy atom. The summed E-state index contributed by atoms with van der Waals surface area (Å²) in [5.74, 6) is -1.65. The van der Waals surface area contributed by atoms with Gasteiger partial charge in [-0.1, -0.05) is 30.3 Å². The number of carbonyl (C=O) groups is 1. The molecule has 0 spiro atoms. The average molecular weight is 490 g/mol. The minimum atomic E-state index is -3.99. The molecule has 0 radical (unpaired) electrons.